The van der Waals surface area contributed by atoms with Crippen molar-refractivity contribution in [3.8, 4) is 0 Å². The number of hydrogen-bond donors (Lipinski definition) is 2. The second-order valence-corrected chi connectivity index (χ2v) is 5.84. The summed E-state index contributed by atoms with van der Waals surface area (Å²) in [5.41, 5.74) is 9.43. The molecule has 0 spiro atoms. The number of aryl methyl sites for hydroxylation is 2. The van der Waals surface area contributed by atoms with E-state index >= 15 is 0 Å². The van der Waals surface area contributed by atoms with Gasteiger partial charge in [0.05, 0.1) is 18.3 Å². The molecule has 5 nitrogen and oxygen atoms in total. The molecule has 1 aromatic rings. The molecule has 1 aliphatic rings. The fourth-order valence-electron chi connectivity index (χ4n) is 2.69. The van der Waals surface area contributed by atoms with Crippen LogP contribution in [0.2, 0.25) is 0 Å². The molecule has 3 N–H and O–H groups in total. The number of rotatable bonds is 5. The summed E-state index contributed by atoms with van der Waals surface area (Å²) < 4.78 is 5.81. The first kappa shape index (κ1) is 16.1. The molecule has 2 heterocycles. The summed E-state index contributed by atoms with van der Waals surface area (Å²) in [5.74, 6) is 0. The van der Waals surface area contributed by atoms with E-state index in [1.807, 2.05) is 19.9 Å². The molecule has 0 aromatic carbocycles. The number of morpholine rings is 1. The predicted molar refractivity (Wildman–Crippen MR) is 89.9 cm³/mol. The van der Waals surface area contributed by atoms with Crippen molar-refractivity contribution in [2.24, 2.45) is 5.73 Å². The molecule has 0 radical (unpaired) electrons. The van der Waals surface area contributed by atoms with Crippen LogP contribution in [0.5, 0.6) is 0 Å². The molecular formula is C15H24N4OS. The van der Waals surface area contributed by atoms with Gasteiger partial charge >= 0.3 is 0 Å². The summed E-state index contributed by atoms with van der Waals surface area (Å²) in [5, 5.41) is 3.43. The van der Waals surface area contributed by atoms with Crippen LogP contribution in [0.15, 0.2) is 6.07 Å². The molecule has 0 amide bonds. The van der Waals surface area contributed by atoms with E-state index in [1.54, 1.807) is 0 Å². The molecule has 116 valence electrons. The minimum atomic E-state index is 0.187. The van der Waals surface area contributed by atoms with Gasteiger partial charge in [0.25, 0.3) is 0 Å². The molecule has 1 atom stereocenters. The van der Waals surface area contributed by atoms with Gasteiger partial charge in [0.2, 0.25) is 0 Å². The number of thiocarbonyl (C=S) groups is 1. The van der Waals surface area contributed by atoms with Gasteiger partial charge in [-0.25, -0.2) is 0 Å². The summed E-state index contributed by atoms with van der Waals surface area (Å²) in [6, 6.07) is 1.99. The predicted octanol–water partition coefficient (Wildman–Crippen LogP) is 1.47. The molecule has 0 aliphatic carbocycles. The van der Waals surface area contributed by atoms with Crippen LogP contribution in [0.25, 0.3) is 0 Å². The van der Waals surface area contributed by atoms with Crippen molar-refractivity contribution in [3.63, 3.8) is 0 Å². The first-order chi connectivity index (χ1) is 10.0. The molecule has 1 aliphatic heterocycles. The number of hydrogen-bond acceptors (Lipinski definition) is 5. The van der Waals surface area contributed by atoms with Crippen molar-refractivity contribution in [2.45, 2.75) is 26.9 Å². The van der Waals surface area contributed by atoms with Gasteiger partial charge in [0.1, 0.15) is 4.99 Å². The van der Waals surface area contributed by atoms with E-state index in [4.69, 9.17) is 22.7 Å². The first-order valence-corrected chi connectivity index (χ1v) is 7.78. The van der Waals surface area contributed by atoms with Crippen molar-refractivity contribution in [2.75, 3.05) is 38.1 Å². The average Bonchev–Trinajstić information content (AvgIpc) is 2.44. The summed E-state index contributed by atoms with van der Waals surface area (Å²) in [6.45, 7) is 10.6. The zero-order chi connectivity index (χ0) is 15.4. The van der Waals surface area contributed by atoms with E-state index in [-0.39, 0.29) is 6.10 Å². The van der Waals surface area contributed by atoms with Crippen molar-refractivity contribution >= 4 is 22.9 Å². The van der Waals surface area contributed by atoms with Crippen molar-refractivity contribution in [1.29, 1.82) is 0 Å². The van der Waals surface area contributed by atoms with E-state index in [2.05, 4.69) is 22.1 Å². The molecule has 1 unspecified atom stereocenters. The van der Waals surface area contributed by atoms with Crippen LogP contribution >= 0.6 is 12.2 Å². The standard InChI is InChI=1S/C15H24N4OS/c1-4-19-5-6-20-12(9-19)8-17-13-7-10(2)18-11(3)14(13)15(16)21/h7,12H,4-6,8-9H2,1-3H3,(H2,16,21)(H,17,18). The minimum Gasteiger partial charge on any atom is -0.389 e. The molecule has 21 heavy (non-hydrogen) atoms. The Morgan fingerprint density at radius 3 is 3.00 bits per heavy atom. The normalized spacial score (nSPS) is 19.5. The van der Waals surface area contributed by atoms with E-state index in [1.165, 1.54) is 0 Å². The fraction of sp³-hybridized carbons (Fsp3) is 0.600. The van der Waals surface area contributed by atoms with Crippen LogP contribution in [-0.4, -0.2) is 53.8 Å². The zero-order valence-electron chi connectivity index (χ0n) is 13.0. The molecule has 2 rings (SSSR count). The molecule has 0 saturated carbocycles. The molecule has 1 saturated heterocycles. The Bertz CT molecular complexity index is 521. The van der Waals surface area contributed by atoms with E-state index in [0.717, 1.165) is 55.4 Å². The summed E-state index contributed by atoms with van der Waals surface area (Å²) in [6.07, 6.45) is 0.187. The van der Waals surface area contributed by atoms with Crippen LogP contribution in [0.3, 0.4) is 0 Å². The lowest BCUT2D eigenvalue weighted by molar-refractivity contribution is -0.0191. The third-order valence-corrected chi connectivity index (χ3v) is 3.97. The lowest BCUT2D eigenvalue weighted by Gasteiger charge is -2.32. The monoisotopic (exact) mass is 308 g/mol. The third kappa shape index (κ3) is 4.12. The number of nitrogens with two attached hydrogens (primary N) is 1. The highest BCUT2D eigenvalue weighted by Crippen LogP contribution is 2.20. The highest BCUT2D eigenvalue weighted by Gasteiger charge is 2.20. The van der Waals surface area contributed by atoms with Crippen molar-refractivity contribution in [1.82, 2.24) is 9.88 Å². The quantitative estimate of drug-likeness (QED) is 0.803. The fourth-order valence-corrected chi connectivity index (χ4v) is 2.95. The van der Waals surface area contributed by atoms with Crippen LogP contribution in [-0.2, 0) is 4.74 Å². The van der Waals surface area contributed by atoms with Gasteiger partial charge in [-0.05, 0) is 26.5 Å². The molecule has 1 aromatic heterocycles. The number of anilines is 1. The summed E-state index contributed by atoms with van der Waals surface area (Å²) >= 11 is 5.15. The number of pyridine rings is 1. The zero-order valence-corrected chi connectivity index (χ0v) is 13.8. The maximum atomic E-state index is 5.83. The van der Waals surface area contributed by atoms with Gasteiger partial charge in [-0.15, -0.1) is 0 Å². The number of aromatic nitrogens is 1. The topological polar surface area (TPSA) is 63.4 Å². The third-order valence-electron chi connectivity index (χ3n) is 3.77. The van der Waals surface area contributed by atoms with Gasteiger partial charge in [-0.1, -0.05) is 19.1 Å². The Kier molecular flexibility index (Phi) is 5.50. The number of likely N-dealkylation sites (N-methyl/N-ethyl adjacent to an activating group) is 1. The Morgan fingerprint density at radius 2 is 2.33 bits per heavy atom. The Labute approximate surface area is 131 Å². The maximum absolute atomic E-state index is 5.83. The lowest BCUT2D eigenvalue weighted by Crippen LogP contribution is -2.45. The minimum absolute atomic E-state index is 0.187. The largest absolute Gasteiger partial charge is 0.389 e. The SMILES string of the molecule is CCN1CCOC(CNc2cc(C)nc(C)c2C(N)=S)C1. The second kappa shape index (κ2) is 7.15. The average molecular weight is 308 g/mol. The van der Waals surface area contributed by atoms with Crippen LogP contribution in [0, 0.1) is 13.8 Å². The van der Waals surface area contributed by atoms with Gasteiger partial charge in [0.15, 0.2) is 0 Å². The molecule has 0 bridgehead atoms. The van der Waals surface area contributed by atoms with Crippen molar-refractivity contribution < 1.29 is 4.74 Å². The van der Waals surface area contributed by atoms with Crippen LogP contribution in [0.4, 0.5) is 5.69 Å². The molecule has 1 fully saturated rings. The van der Waals surface area contributed by atoms with E-state index < -0.39 is 0 Å². The second-order valence-electron chi connectivity index (χ2n) is 5.40. The van der Waals surface area contributed by atoms with Crippen LogP contribution < -0.4 is 11.1 Å². The van der Waals surface area contributed by atoms with Gasteiger partial charge in [-0.3, -0.25) is 9.88 Å². The summed E-state index contributed by atoms with van der Waals surface area (Å²) in [7, 11) is 0. The Hall–Kier alpha value is -1.24. The van der Waals surface area contributed by atoms with Gasteiger partial charge in [0, 0.05) is 36.7 Å². The van der Waals surface area contributed by atoms with Crippen molar-refractivity contribution in [3.05, 3.63) is 23.0 Å². The smallest absolute Gasteiger partial charge is 0.107 e. The maximum Gasteiger partial charge on any atom is 0.107 e. The highest BCUT2D eigenvalue weighted by atomic mass is 32.1. The first-order valence-electron chi connectivity index (χ1n) is 7.37. The molecule has 6 heteroatoms. The highest BCUT2D eigenvalue weighted by molar-refractivity contribution is 7.80. The van der Waals surface area contributed by atoms with Gasteiger partial charge < -0.3 is 15.8 Å². The van der Waals surface area contributed by atoms with Crippen LogP contribution in [0.1, 0.15) is 23.9 Å². The number of nitrogens with zero attached hydrogens (tertiary/aromatic N) is 2. The van der Waals surface area contributed by atoms with Gasteiger partial charge in [-0.2, -0.15) is 0 Å². The number of ether oxygens (including phenoxy) is 1. The number of nitrogens with one attached hydrogen (secondary N) is 1. The van der Waals surface area contributed by atoms with E-state index in [0.29, 0.717) is 4.99 Å². The lowest BCUT2D eigenvalue weighted by atomic mass is 10.1. The van der Waals surface area contributed by atoms with E-state index in [9.17, 15) is 0 Å². The summed E-state index contributed by atoms with van der Waals surface area (Å²) in [4.78, 5) is 7.20. The molecular weight excluding hydrogens is 284 g/mol. The Balaban J connectivity index is 2.07. The Morgan fingerprint density at radius 1 is 1.57 bits per heavy atom.